The van der Waals surface area contributed by atoms with Crippen LogP contribution in [-0.2, 0) is 19.1 Å². The second-order valence-electron chi connectivity index (χ2n) is 13.0. The van der Waals surface area contributed by atoms with E-state index in [2.05, 4.69) is 25.6 Å². The van der Waals surface area contributed by atoms with Gasteiger partial charge in [-0.1, -0.05) is 52.0 Å². The average molecular weight is 722 g/mol. The van der Waals surface area contributed by atoms with Crippen molar-refractivity contribution in [2.75, 3.05) is 34.0 Å². The Morgan fingerprint density at radius 3 is 1.65 bits per heavy atom. The fourth-order valence-electron chi connectivity index (χ4n) is 6.60. The topological polar surface area (TPSA) is 158 Å². The lowest BCUT2D eigenvalue weighted by molar-refractivity contribution is -0.136. The number of nitrogens with one attached hydrogen (secondary N) is 4. The number of halogens is 2. The number of rotatable bonds is 12. The zero-order valence-electron chi connectivity index (χ0n) is 29.0. The highest BCUT2D eigenvalue weighted by atomic mass is 35.5. The van der Waals surface area contributed by atoms with Gasteiger partial charge < -0.3 is 34.6 Å². The van der Waals surface area contributed by atoms with E-state index in [9.17, 15) is 14.4 Å². The third-order valence-corrected chi connectivity index (χ3v) is 9.17. The first-order valence-electron chi connectivity index (χ1n) is 16.5. The Kier molecular flexibility index (Phi) is 14.5. The third-order valence-electron chi connectivity index (χ3n) is 9.17. The van der Waals surface area contributed by atoms with Crippen LogP contribution in [0, 0.1) is 11.8 Å². The van der Waals surface area contributed by atoms with Gasteiger partial charge in [0.2, 0.25) is 11.8 Å². The normalized spacial score (nSPS) is 18.6. The summed E-state index contributed by atoms with van der Waals surface area (Å²) in [6, 6.07) is 6.82. The predicted molar refractivity (Wildman–Crippen MR) is 191 cm³/mol. The molecule has 49 heavy (non-hydrogen) atoms. The number of H-pyrrole nitrogens is 2. The Bertz CT molecular complexity index is 1530. The Morgan fingerprint density at radius 2 is 1.24 bits per heavy atom. The molecule has 0 radical (unpaired) electrons. The van der Waals surface area contributed by atoms with E-state index >= 15 is 0 Å². The van der Waals surface area contributed by atoms with Crippen LogP contribution in [0.15, 0.2) is 36.7 Å². The van der Waals surface area contributed by atoms with Gasteiger partial charge in [0.25, 0.3) is 0 Å². The number of alkyl carbamates (subject to hydrolysis) is 1. The van der Waals surface area contributed by atoms with Crippen molar-refractivity contribution in [2.45, 2.75) is 77.5 Å². The number of amides is 3. The summed E-state index contributed by atoms with van der Waals surface area (Å²) in [5.41, 5.74) is 3.68. The summed E-state index contributed by atoms with van der Waals surface area (Å²) < 4.78 is 9.91. The minimum absolute atomic E-state index is 0. The van der Waals surface area contributed by atoms with Crippen LogP contribution >= 0.6 is 24.8 Å². The Hall–Kier alpha value is -3.65. The fourth-order valence-corrected chi connectivity index (χ4v) is 6.60. The second-order valence-corrected chi connectivity index (χ2v) is 13.0. The number of carbonyl (C=O) groups is 3. The number of hydrogen-bond acceptors (Lipinski definition) is 8. The maximum Gasteiger partial charge on any atom is 0.407 e. The summed E-state index contributed by atoms with van der Waals surface area (Å²) in [7, 11) is 2.90. The number of aromatic nitrogens is 4. The highest BCUT2D eigenvalue weighted by Crippen LogP contribution is 2.35. The molecular formula is C34H50Cl2N8O5. The van der Waals surface area contributed by atoms with Gasteiger partial charge in [-0.3, -0.25) is 14.9 Å². The van der Waals surface area contributed by atoms with Crippen LogP contribution < -0.4 is 10.6 Å². The summed E-state index contributed by atoms with van der Waals surface area (Å²) in [6.45, 7) is 9.50. The van der Waals surface area contributed by atoms with Gasteiger partial charge >= 0.3 is 6.09 Å². The molecule has 2 saturated heterocycles. The molecule has 15 heteroatoms. The summed E-state index contributed by atoms with van der Waals surface area (Å²) in [5.74, 6) is 1.48. The summed E-state index contributed by atoms with van der Waals surface area (Å²) in [5, 5.41) is 5.91. The number of ether oxygens (including phenoxy) is 2. The molecule has 0 saturated carbocycles. The monoisotopic (exact) mass is 720 g/mol. The molecule has 3 aromatic rings. The largest absolute Gasteiger partial charge is 0.453 e. The number of imidazole rings is 2. The number of benzene rings is 1. The van der Waals surface area contributed by atoms with Crippen molar-refractivity contribution in [3.05, 3.63) is 48.3 Å². The molecule has 2 aliphatic heterocycles. The van der Waals surface area contributed by atoms with Gasteiger partial charge in [-0.25, -0.2) is 14.8 Å². The molecule has 270 valence electrons. The second kappa shape index (κ2) is 17.8. The van der Waals surface area contributed by atoms with Crippen molar-refractivity contribution in [1.82, 2.24) is 40.4 Å². The first-order valence-corrected chi connectivity index (χ1v) is 16.5. The molecule has 1 aromatic carbocycles. The van der Waals surface area contributed by atoms with Gasteiger partial charge in [-0.15, -0.1) is 24.8 Å². The molecule has 2 aromatic heterocycles. The molecule has 0 aliphatic carbocycles. The Balaban J connectivity index is 0.00000325. The molecule has 4 heterocycles. The van der Waals surface area contributed by atoms with Crippen molar-refractivity contribution in [3.8, 4) is 22.5 Å². The molecule has 0 spiro atoms. The summed E-state index contributed by atoms with van der Waals surface area (Å²) in [4.78, 5) is 58.9. The van der Waals surface area contributed by atoms with Gasteiger partial charge in [-0.05, 0) is 48.6 Å². The highest BCUT2D eigenvalue weighted by Gasteiger charge is 2.38. The summed E-state index contributed by atoms with van der Waals surface area (Å²) >= 11 is 0. The molecule has 5 rings (SSSR count). The van der Waals surface area contributed by atoms with E-state index in [0.717, 1.165) is 59.8 Å². The summed E-state index contributed by atoms with van der Waals surface area (Å²) in [6.07, 6.45) is 6.43. The van der Waals surface area contributed by atoms with E-state index < -0.39 is 12.1 Å². The van der Waals surface area contributed by atoms with Crippen LogP contribution in [0.4, 0.5) is 4.79 Å². The van der Waals surface area contributed by atoms with Crippen LogP contribution in [0.5, 0.6) is 0 Å². The molecule has 4 atom stereocenters. The molecule has 2 fully saturated rings. The molecule has 3 amide bonds. The molecule has 2 aliphatic rings. The number of methoxy groups -OCH3 is 2. The van der Waals surface area contributed by atoms with Gasteiger partial charge in [0.15, 0.2) is 0 Å². The van der Waals surface area contributed by atoms with Gasteiger partial charge in [0.05, 0.1) is 55.7 Å². The number of hydrogen-bond donors (Lipinski definition) is 4. The number of nitrogens with zero attached hydrogens (tertiary/aromatic N) is 4. The zero-order chi connectivity index (χ0) is 33.7. The quantitative estimate of drug-likeness (QED) is 0.185. The molecule has 13 nitrogen and oxygen atoms in total. The minimum Gasteiger partial charge on any atom is -0.453 e. The maximum absolute atomic E-state index is 13.5. The first kappa shape index (κ1) is 39.8. The van der Waals surface area contributed by atoms with Gasteiger partial charge in [-0.2, -0.15) is 0 Å². The van der Waals surface area contributed by atoms with E-state index in [1.165, 1.54) is 7.11 Å². The lowest BCUT2D eigenvalue weighted by Crippen LogP contribution is -2.51. The van der Waals surface area contributed by atoms with E-state index in [1.54, 1.807) is 18.2 Å². The van der Waals surface area contributed by atoms with Crippen molar-refractivity contribution < 1.29 is 23.9 Å². The lowest BCUT2D eigenvalue weighted by atomic mass is 10.0. The van der Waals surface area contributed by atoms with Crippen LogP contribution in [0.2, 0.25) is 0 Å². The smallest absolute Gasteiger partial charge is 0.407 e. The fraction of sp³-hybridized carbons (Fsp3) is 0.559. The van der Waals surface area contributed by atoms with E-state index in [4.69, 9.17) is 14.5 Å². The van der Waals surface area contributed by atoms with Crippen LogP contribution in [0.1, 0.15) is 77.1 Å². The van der Waals surface area contributed by atoms with E-state index in [0.29, 0.717) is 19.8 Å². The van der Waals surface area contributed by atoms with E-state index in [-0.39, 0.29) is 66.6 Å². The Morgan fingerprint density at radius 1 is 0.796 bits per heavy atom. The first-order chi connectivity index (χ1) is 22.6. The molecule has 0 bridgehead atoms. The highest BCUT2D eigenvalue weighted by molar-refractivity contribution is 5.86. The van der Waals surface area contributed by atoms with Gasteiger partial charge in [0, 0.05) is 20.2 Å². The van der Waals surface area contributed by atoms with Crippen molar-refractivity contribution in [1.29, 1.82) is 0 Å². The molecular weight excluding hydrogens is 671 g/mol. The predicted octanol–water partition coefficient (Wildman–Crippen LogP) is 5.24. The van der Waals surface area contributed by atoms with Gasteiger partial charge in [0.1, 0.15) is 17.7 Å². The SMILES string of the molecule is COCN[C@H](C(=O)N1CCC[C@H]1c1ncc(-c2ccc(-c3cnc([C@@H]4CCCN4C(=O)[C@@H](NC(=O)OC)C(C)C)[nH]3)cc2)[nH]1)C(C)C.Cl.Cl. The van der Waals surface area contributed by atoms with Crippen molar-refractivity contribution in [3.63, 3.8) is 0 Å². The molecule has 4 N–H and O–H groups in total. The van der Waals surface area contributed by atoms with Crippen LogP contribution in [-0.4, -0.2) is 93.8 Å². The zero-order valence-corrected chi connectivity index (χ0v) is 30.7. The van der Waals surface area contributed by atoms with Crippen molar-refractivity contribution >= 4 is 42.7 Å². The molecule has 0 unspecified atom stereocenters. The van der Waals surface area contributed by atoms with Crippen LogP contribution in [0.25, 0.3) is 22.5 Å². The van der Waals surface area contributed by atoms with Crippen molar-refractivity contribution in [2.24, 2.45) is 11.8 Å². The number of aromatic amines is 2. The lowest BCUT2D eigenvalue weighted by Gasteiger charge is -2.30. The average Bonchev–Trinajstić information content (AvgIpc) is 3.89. The third kappa shape index (κ3) is 8.94. The number of carbonyl (C=O) groups excluding carboxylic acids is 3. The Labute approximate surface area is 300 Å². The maximum atomic E-state index is 13.5. The van der Waals surface area contributed by atoms with Crippen LogP contribution in [0.3, 0.4) is 0 Å². The minimum atomic E-state index is -0.680. The van der Waals surface area contributed by atoms with E-state index in [1.807, 2.05) is 63.1 Å². The number of likely N-dealkylation sites (tertiary alicyclic amines) is 2. The standard InChI is InChI=1S/C34H48N8O5.2ClH/c1-20(2)28(37-19-46-5)32(43)41-15-7-9-26(41)30-35-17-24(38-30)22-11-13-23(14-12-22)25-18-36-31(39-25)27-10-8-16-42(27)33(44)29(21(3)4)40-34(45)47-6;;/h11-14,17-18,20-21,26-29,37H,7-10,15-16,19H2,1-6H3,(H,35,38)(H,36,39)(H,40,45);2*1H/t26-,27-,28-,29-;;/m0../s1.